The normalized spacial score (nSPS) is 17.1. The van der Waals surface area contributed by atoms with Crippen LogP contribution in [-0.2, 0) is 6.42 Å². The van der Waals surface area contributed by atoms with Crippen LogP contribution in [0.4, 0.5) is 0 Å². The van der Waals surface area contributed by atoms with E-state index in [1.54, 1.807) is 0 Å². The molecule has 1 aliphatic rings. The Bertz CT molecular complexity index is 361. The summed E-state index contributed by atoms with van der Waals surface area (Å²) in [6, 6.07) is 8.56. The van der Waals surface area contributed by atoms with Gasteiger partial charge in [0.2, 0.25) is 0 Å². The molecular weight excluding hydrogens is 276 g/mol. The van der Waals surface area contributed by atoms with Gasteiger partial charge in [-0.2, -0.15) is 0 Å². The van der Waals surface area contributed by atoms with Gasteiger partial charge >= 0.3 is 0 Å². The topological polar surface area (TPSA) is 24.1 Å². The molecule has 1 aliphatic carbocycles. The molecule has 94 valence electrons. The first-order chi connectivity index (χ1) is 8.24. The SMILES string of the molecule is CNCC1(CNCCc2cccc(Br)c2)CC1. The highest BCUT2D eigenvalue weighted by Crippen LogP contribution is 2.44. The van der Waals surface area contributed by atoms with Crippen LogP contribution in [0, 0.1) is 5.41 Å². The fraction of sp³-hybridized carbons (Fsp3) is 0.571. The second-order valence-electron chi connectivity index (χ2n) is 5.09. The highest BCUT2D eigenvalue weighted by Gasteiger charge is 2.41. The van der Waals surface area contributed by atoms with Crippen molar-refractivity contribution in [3.63, 3.8) is 0 Å². The van der Waals surface area contributed by atoms with Gasteiger partial charge in [-0.3, -0.25) is 0 Å². The lowest BCUT2D eigenvalue weighted by Gasteiger charge is -2.15. The molecule has 1 aromatic carbocycles. The van der Waals surface area contributed by atoms with Gasteiger partial charge in [-0.25, -0.2) is 0 Å². The molecule has 2 rings (SSSR count). The van der Waals surface area contributed by atoms with E-state index in [-0.39, 0.29) is 0 Å². The number of rotatable bonds is 7. The van der Waals surface area contributed by atoms with Gasteiger partial charge in [0.05, 0.1) is 0 Å². The van der Waals surface area contributed by atoms with Gasteiger partial charge in [-0.15, -0.1) is 0 Å². The summed E-state index contributed by atoms with van der Waals surface area (Å²) in [7, 11) is 2.04. The van der Waals surface area contributed by atoms with Gasteiger partial charge in [-0.05, 0) is 56.0 Å². The average Bonchev–Trinajstić information content (AvgIpc) is 3.06. The Hall–Kier alpha value is -0.380. The van der Waals surface area contributed by atoms with Gasteiger partial charge in [-0.1, -0.05) is 28.1 Å². The predicted molar refractivity (Wildman–Crippen MR) is 76.3 cm³/mol. The number of halogens is 1. The largest absolute Gasteiger partial charge is 0.319 e. The molecule has 0 heterocycles. The first-order valence-corrected chi connectivity index (χ1v) is 7.13. The van der Waals surface area contributed by atoms with E-state index in [0.717, 1.165) is 26.1 Å². The third kappa shape index (κ3) is 4.09. The van der Waals surface area contributed by atoms with Crippen LogP contribution in [-0.4, -0.2) is 26.7 Å². The van der Waals surface area contributed by atoms with Crippen LogP contribution in [0.2, 0.25) is 0 Å². The Labute approximate surface area is 112 Å². The maximum absolute atomic E-state index is 3.59. The molecule has 0 aliphatic heterocycles. The van der Waals surface area contributed by atoms with Gasteiger partial charge in [0.1, 0.15) is 0 Å². The zero-order valence-electron chi connectivity index (χ0n) is 10.4. The Balaban J connectivity index is 1.66. The van der Waals surface area contributed by atoms with Crippen LogP contribution >= 0.6 is 15.9 Å². The summed E-state index contributed by atoms with van der Waals surface area (Å²) < 4.78 is 1.17. The molecule has 2 N–H and O–H groups in total. The van der Waals surface area contributed by atoms with Gasteiger partial charge < -0.3 is 10.6 Å². The van der Waals surface area contributed by atoms with Crippen LogP contribution in [0.15, 0.2) is 28.7 Å². The summed E-state index contributed by atoms with van der Waals surface area (Å²) in [5.74, 6) is 0. The maximum atomic E-state index is 3.59. The first kappa shape index (κ1) is 13.1. The van der Waals surface area contributed by atoms with E-state index >= 15 is 0 Å². The molecule has 0 aromatic heterocycles. The molecule has 0 amide bonds. The van der Waals surface area contributed by atoms with Crippen LogP contribution in [0.3, 0.4) is 0 Å². The molecule has 3 heteroatoms. The summed E-state index contributed by atoms with van der Waals surface area (Å²) in [4.78, 5) is 0. The molecule has 0 saturated heterocycles. The zero-order valence-corrected chi connectivity index (χ0v) is 12.0. The molecule has 0 bridgehead atoms. The molecule has 2 nitrogen and oxygen atoms in total. The van der Waals surface area contributed by atoms with Crippen molar-refractivity contribution in [3.05, 3.63) is 34.3 Å². The van der Waals surface area contributed by atoms with Crippen molar-refractivity contribution in [1.29, 1.82) is 0 Å². The summed E-state index contributed by atoms with van der Waals surface area (Å²) in [5.41, 5.74) is 1.96. The van der Waals surface area contributed by atoms with Crippen molar-refractivity contribution in [2.24, 2.45) is 5.41 Å². The average molecular weight is 297 g/mol. The zero-order chi connectivity index (χ0) is 12.1. The smallest absolute Gasteiger partial charge is 0.0178 e. The minimum atomic E-state index is 0.562. The summed E-state index contributed by atoms with van der Waals surface area (Å²) in [6.07, 6.45) is 3.85. The highest BCUT2D eigenvalue weighted by molar-refractivity contribution is 9.10. The van der Waals surface area contributed by atoms with E-state index in [1.165, 1.54) is 22.9 Å². The second-order valence-corrected chi connectivity index (χ2v) is 6.00. The molecule has 17 heavy (non-hydrogen) atoms. The minimum absolute atomic E-state index is 0.562. The molecule has 1 fully saturated rings. The van der Waals surface area contributed by atoms with Gasteiger partial charge in [0, 0.05) is 17.6 Å². The fourth-order valence-corrected chi connectivity index (χ4v) is 2.69. The lowest BCUT2D eigenvalue weighted by Crippen LogP contribution is -2.32. The molecule has 1 saturated carbocycles. The predicted octanol–water partition coefficient (Wildman–Crippen LogP) is 2.58. The summed E-state index contributed by atoms with van der Waals surface area (Å²) in [5, 5.41) is 6.88. The van der Waals surface area contributed by atoms with E-state index in [4.69, 9.17) is 0 Å². The fourth-order valence-electron chi connectivity index (χ4n) is 2.25. The van der Waals surface area contributed by atoms with Crippen molar-refractivity contribution < 1.29 is 0 Å². The lowest BCUT2D eigenvalue weighted by atomic mass is 10.1. The van der Waals surface area contributed by atoms with Crippen LogP contribution in [0.5, 0.6) is 0 Å². The van der Waals surface area contributed by atoms with E-state index in [9.17, 15) is 0 Å². The number of nitrogens with one attached hydrogen (secondary N) is 2. The van der Waals surface area contributed by atoms with E-state index in [1.807, 2.05) is 7.05 Å². The Morgan fingerprint density at radius 2 is 2.12 bits per heavy atom. The Morgan fingerprint density at radius 3 is 2.76 bits per heavy atom. The van der Waals surface area contributed by atoms with E-state index < -0.39 is 0 Å². The van der Waals surface area contributed by atoms with Crippen molar-refractivity contribution >= 4 is 15.9 Å². The van der Waals surface area contributed by atoms with E-state index in [0.29, 0.717) is 5.41 Å². The number of hydrogen-bond acceptors (Lipinski definition) is 2. The lowest BCUT2D eigenvalue weighted by molar-refractivity contribution is 0.441. The maximum Gasteiger partial charge on any atom is 0.0178 e. The number of hydrogen-bond donors (Lipinski definition) is 2. The van der Waals surface area contributed by atoms with Crippen LogP contribution in [0.1, 0.15) is 18.4 Å². The van der Waals surface area contributed by atoms with E-state index in [2.05, 4.69) is 50.8 Å². The molecule has 0 unspecified atom stereocenters. The quantitative estimate of drug-likeness (QED) is 0.756. The van der Waals surface area contributed by atoms with Crippen molar-refractivity contribution in [2.75, 3.05) is 26.7 Å². The monoisotopic (exact) mass is 296 g/mol. The minimum Gasteiger partial charge on any atom is -0.319 e. The Kier molecular flexibility index (Phi) is 4.60. The summed E-state index contributed by atoms with van der Waals surface area (Å²) >= 11 is 3.50. The third-order valence-electron chi connectivity index (χ3n) is 3.49. The first-order valence-electron chi connectivity index (χ1n) is 6.34. The molecule has 0 atom stereocenters. The summed E-state index contributed by atoms with van der Waals surface area (Å²) in [6.45, 7) is 3.38. The molecule has 0 spiro atoms. The Morgan fingerprint density at radius 1 is 1.29 bits per heavy atom. The molecule has 1 aromatic rings. The highest BCUT2D eigenvalue weighted by atomic mass is 79.9. The van der Waals surface area contributed by atoms with Crippen molar-refractivity contribution in [2.45, 2.75) is 19.3 Å². The standard InChI is InChI=1S/C14H21BrN2/c1-16-10-14(6-7-14)11-17-8-5-12-3-2-4-13(15)9-12/h2-4,9,16-17H,5-8,10-11H2,1H3. The van der Waals surface area contributed by atoms with Crippen LogP contribution in [0.25, 0.3) is 0 Å². The van der Waals surface area contributed by atoms with Crippen molar-refractivity contribution in [3.8, 4) is 0 Å². The van der Waals surface area contributed by atoms with Gasteiger partial charge in [0.15, 0.2) is 0 Å². The van der Waals surface area contributed by atoms with Crippen LogP contribution < -0.4 is 10.6 Å². The van der Waals surface area contributed by atoms with Crippen molar-refractivity contribution in [1.82, 2.24) is 10.6 Å². The molecule has 0 radical (unpaired) electrons. The third-order valence-corrected chi connectivity index (χ3v) is 3.98. The molecular formula is C14H21BrN2. The van der Waals surface area contributed by atoms with Gasteiger partial charge in [0.25, 0.3) is 0 Å². The number of benzene rings is 1. The second kappa shape index (κ2) is 5.98.